The standard InChI is InChI=1S/C5H15NO6P2/c1-2-3-4-6-5(13(7,8)9)14(10,11)12/h5-6H,2-4H2,1H3,(H2,7,8,9)(H2,10,11,12)/p+1. The van der Waals surface area contributed by atoms with E-state index in [4.69, 9.17) is 19.6 Å². The largest absolute Gasteiger partial charge is 0.395 e. The van der Waals surface area contributed by atoms with Crippen LogP contribution in [0.5, 0.6) is 0 Å². The van der Waals surface area contributed by atoms with E-state index in [0.717, 1.165) is 11.7 Å². The minimum atomic E-state index is -4.76. The van der Waals surface area contributed by atoms with Crippen molar-refractivity contribution in [3.63, 3.8) is 0 Å². The van der Waals surface area contributed by atoms with Gasteiger partial charge in [-0.2, -0.15) is 0 Å². The molecule has 0 rings (SSSR count). The number of quaternary nitrogens is 1. The first-order valence-corrected chi connectivity index (χ1v) is 7.49. The van der Waals surface area contributed by atoms with Gasteiger partial charge in [-0.05, 0) is 6.42 Å². The maximum absolute atomic E-state index is 10.7. The van der Waals surface area contributed by atoms with E-state index < -0.39 is 20.7 Å². The Balaban J connectivity index is 4.45. The van der Waals surface area contributed by atoms with Crippen molar-refractivity contribution >= 4 is 15.2 Å². The lowest BCUT2D eigenvalue weighted by Crippen LogP contribution is -2.89. The second-order valence-electron chi connectivity index (χ2n) is 2.97. The van der Waals surface area contributed by atoms with Gasteiger partial charge < -0.3 is 24.9 Å². The molecule has 0 atom stereocenters. The van der Waals surface area contributed by atoms with Crippen LogP contribution in [0.2, 0.25) is 0 Å². The van der Waals surface area contributed by atoms with E-state index in [0.29, 0.717) is 6.42 Å². The van der Waals surface area contributed by atoms with Crippen LogP contribution >= 0.6 is 15.2 Å². The summed E-state index contributed by atoms with van der Waals surface area (Å²) >= 11 is 0. The molecule has 0 aliphatic carbocycles. The van der Waals surface area contributed by atoms with Crippen LogP contribution in [0, 0.1) is 0 Å². The second kappa shape index (κ2) is 5.37. The van der Waals surface area contributed by atoms with Crippen molar-refractivity contribution in [3.8, 4) is 0 Å². The highest BCUT2D eigenvalue weighted by Gasteiger charge is 2.46. The zero-order valence-electron chi connectivity index (χ0n) is 7.78. The van der Waals surface area contributed by atoms with Crippen molar-refractivity contribution in [1.29, 1.82) is 0 Å². The van der Waals surface area contributed by atoms with E-state index in [1.807, 2.05) is 6.92 Å². The Hall–Kier alpha value is 0.260. The Kier molecular flexibility index (Phi) is 5.47. The summed E-state index contributed by atoms with van der Waals surface area (Å²) in [7, 11) is -9.51. The van der Waals surface area contributed by atoms with Gasteiger partial charge in [0.1, 0.15) is 0 Å². The van der Waals surface area contributed by atoms with Crippen molar-refractivity contribution in [1.82, 2.24) is 0 Å². The molecule has 14 heavy (non-hydrogen) atoms. The molecule has 7 nitrogen and oxygen atoms in total. The predicted molar refractivity (Wildman–Crippen MR) is 49.6 cm³/mol. The number of hydrogen-bond donors (Lipinski definition) is 5. The maximum Gasteiger partial charge on any atom is 0.395 e. The van der Waals surface area contributed by atoms with Crippen LogP contribution < -0.4 is 5.32 Å². The third-order valence-corrected chi connectivity index (χ3v) is 5.23. The van der Waals surface area contributed by atoms with Crippen LogP contribution in [0.4, 0.5) is 0 Å². The van der Waals surface area contributed by atoms with Gasteiger partial charge in [0.2, 0.25) is 0 Å². The molecule has 0 aromatic heterocycles. The summed E-state index contributed by atoms with van der Waals surface area (Å²) in [5, 5.41) is 1.02. The first-order chi connectivity index (χ1) is 6.19. The van der Waals surface area contributed by atoms with Crippen LogP contribution in [0.15, 0.2) is 0 Å². The van der Waals surface area contributed by atoms with Gasteiger partial charge >= 0.3 is 15.2 Å². The molecule has 0 saturated heterocycles. The third kappa shape index (κ3) is 5.22. The van der Waals surface area contributed by atoms with Gasteiger partial charge in [0, 0.05) is 0 Å². The van der Waals surface area contributed by atoms with Crippen LogP contribution in [-0.2, 0) is 9.13 Å². The molecule has 0 aromatic rings. The van der Waals surface area contributed by atoms with E-state index in [2.05, 4.69) is 0 Å². The monoisotopic (exact) mass is 248 g/mol. The molecule has 9 heteroatoms. The summed E-state index contributed by atoms with van der Waals surface area (Å²) in [5.74, 6) is 0. The Morgan fingerprint density at radius 1 is 1.14 bits per heavy atom. The Morgan fingerprint density at radius 3 is 1.86 bits per heavy atom. The summed E-state index contributed by atoms with van der Waals surface area (Å²) in [5.41, 5.74) is -1.96. The summed E-state index contributed by atoms with van der Waals surface area (Å²) in [6.45, 7) is 2.16. The van der Waals surface area contributed by atoms with Crippen LogP contribution in [-0.4, -0.2) is 31.6 Å². The quantitative estimate of drug-likeness (QED) is 0.302. The SMILES string of the molecule is CCCC[NH2+]C(P(=O)(O)O)P(=O)(O)O. The molecular weight excluding hydrogens is 232 g/mol. The van der Waals surface area contributed by atoms with E-state index in [9.17, 15) is 9.13 Å². The van der Waals surface area contributed by atoms with Crippen LogP contribution in [0.3, 0.4) is 0 Å². The molecule has 0 fully saturated rings. The average molecular weight is 248 g/mol. The van der Waals surface area contributed by atoms with Gasteiger partial charge in [-0.1, -0.05) is 13.3 Å². The highest BCUT2D eigenvalue weighted by molar-refractivity contribution is 7.70. The Labute approximate surface area is 81.9 Å². The van der Waals surface area contributed by atoms with Crippen LogP contribution in [0.1, 0.15) is 19.8 Å². The normalized spacial score (nSPS) is 13.6. The van der Waals surface area contributed by atoms with E-state index in [-0.39, 0.29) is 6.54 Å². The number of unbranched alkanes of at least 4 members (excludes halogenated alkanes) is 1. The molecule has 0 aliphatic heterocycles. The van der Waals surface area contributed by atoms with Crippen molar-refractivity contribution in [3.05, 3.63) is 0 Å². The molecule has 0 spiro atoms. The zero-order valence-corrected chi connectivity index (χ0v) is 9.56. The molecule has 6 N–H and O–H groups in total. The van der Waals surface area contributed by atoms with Gasteiger partial charge in [0.25, 0.3) is 5.52 Å². The highest BCUT2D eigenvalue weighted by Crippen LogP contribution is 2.55. The van der Waals surface area contributed by atoms with E-state index in [1.54, 1.807) is 0 Å². The lowest BCUT2D eigenvalue weighted by molar-refractivity contribution is -0.656. The fourth-order valence-corrected chi connectivity index (χ4v) is 3.36. The van der Waals surface area contributed by atoms with Gasteiger partial charge in [0.05, 0.1) is 6.54 Å². The molecule has 0 heterocycles. The number of hydrogen-bond acceptors (Lipinski definition) is 2. The minimum Gasteiger partial charge on any atom is -0.324 e. The summed E-state index contributed by atoms with van der Waals surface area (Å²) in [4.78, 5) is 34.8. The molecule has 0 radical (unpaired) electrons. The molecule has 0 aromatic carbocycles. The fourth-order valence-electron chi connectivity index (χ4n) is 0.942. The predicted octanol–water partition coefficient (Wildman–Crippen LogP) is -1.01. The van der Waals surface area contributed by atoms with Crippen LogP contribution in [0.25, 0.3) is 0 Å². The zero-order chi connectivity index (χ0) is 11.4. The minimum absolute atomic E-state index is 0.289. The van der Waals surface area contributed by atoms with Crippen molar-refractivity contribution in [2.24, 2.45) is 0 Å². The van der Waals surface area contributed by atoms with Gasteiger partial charge in [-0.15, -0.1) is 0 Å². The maximum atomic E-state index is 10.7. The Morgan fingerprint density at radius 2 is 1.57 bits per heavy atom. The topological polar surface area (TPSA) is 132 Å². The average Bonchev–Trinajstić information content (AvgIpc) is 1.92. The fraction of sp³-hybridized carbons (Fsp3) is 1.00. The van der Waals surface area contributed by atoms with E-state index >= 15 is 0 Å². The Bertz CT molecular complexity index is 235. The molecule has 0 amide bonds. The molecule has 0 saturated carbocycles. The lowest BCUT2D eigenvalue weighted by atomic mass is 10.3. The van der Waals surface area contributed by atoms with Crippen molar-refractivity contribution in [2.45, 2.75) is 25.3 Å². The van der Waals surface area contributed by atoms with Gasteiger partial charge in [-0.25, -0.2) is 0 Å². The molecule has 0 bridgehead atoms. The molecular formula is C5H16NO6P2+. The summed E-state index contributed by atoms with van der Waals surface area (Å²) < 4.78 is 21.5. The lowest BCUT2D eigenvalue weighted by Gasteiger charge is -2.17. The first kappa shape index (κ1) is 14.3. The smallest absolute Gasteiger partial charge is 0.324 e. The molecule has 0 unspecified atom stereocenters. The second-order valence-corrected chi connectivity index (χ2v) is 6.85. The van der Waals surface area contributed by atoms with Gasteiger partial charge in [-0.3, -0.25) is 9.13 Å². The highest BCUT2D eigenvalue weighted by atomic mass is 31.2. The van der Waals surface area contributed by atoms with Crippen molar-refractivity contribution in [2.75, 3.05) is 6.54 Å². The third-order valence-electron chi connectivity index (χ3n) is 1.62. The van der Waals surface area contributed by atoms with E-state index in [1.165, 1.54) is 0 Å². The van der Waals surface area contributed by atoms with Crippen molar-refractivity contribution < 1.29 is 34.0 Å². The summed E-state index contributed by atoms with van der Waals surface area (Å²) in [6.07, 6.45) is 1.45. The molecule has 0 aliphatic rings. The number of nitrogens with two attached hydrogens (primary N) is 1. The molecule has 86 valence electrons. The number of rotatable bonds is 6. The summed E-state index contributed by atoms with van der Waals surface area (Å²) in [6, 6.07) is 0. The van der Waals surface area contributed by atoms with Gasteiger partial charge in [0.15, 0.2) is 0 Å². The first-order valence-electron chi connectivity index (χ1n) is 4.13.